The van der Waals surface area contributed by atoms with Gasteiger partial charge in [0.15, 0.2) is 0 Å². The van der Waals surface area contributed by atoms with Crippen molar-refractivity contribution in [1.82, 2.24) is 4.98 Å². The number of aromatic nitrogens is 1. The van der Waals surface area contributed by atoms with Gasteiger partial charge in [0, 0.05) is 29.4 Å². The molecule has 0 aliphatic carbocycles. The van der Waals surface area contributed by atoms with Gasteiger partial charge in [-0.05, 0) is 35.9 Å². The first-order valence-corrected chi connectivity index (χ1v) is 6.25. The second-order valence-corrected chi connectivity index (χ2v) is 4.42. The number of hydrogen-bond donors (Lipinski definition) is 0. The highest BCUT2D eigenvalue weighted by Gasteiger charge is 2.15. The van der Waals surface area contributed by atoms with Crippen LogP contribution in [-0.2, 0) is 4.74 Å². The van der Waals surface area contributed by atoms with Crippen LogP contribution in [0.2, 0.25) is 0 Å². The molecule has 0 radical (unpaired) electrons. The molecule has 0 atom stereocenters. The molecule has 0 amide bonds. The van der Waals surface area contributed by atoms with Crippen molar-refractivity contribution in [3.8, 4) is 11.1 Å². The largest absolute Gasteiger partial charge is 0.465 e. The number of pyridine rings is 1. The summed E-state index contributed by atoms with van der Waals surface area (Å²) in [6.07, 6.45) is 3.25. The average molecular weight is 281 g/mol. The normalized spacial score (nSPS) is 10.5. The summed E-state index contributed by atoms with van der Waals surface area (Å²) < 4.78 is 9.99. The van der Waals surface area contributed by atoms with E-state index in [-0.39, 0.29) is 0 Å². The molecule has 0 spiro atoms. The van der Waals surface area contributed by atoms with Crippen LogP contribution in [0.4, 0.5) is 0 Å². The molecule has 0 N–H and O–H groups in total. The minimum absolute atomic E-state index is 0.407. The molecule has 0 aliphatic heterocycles. The first-order chi connectivity index (χ1) is 10.2. The van der Waals surface area contributed by atoms with E-state index in [4.69, 9.17) is 9.15 Å². The molecule has 5 heteroatoms. The third-order valence-electron chi connectivity index (χ3n) is 3.16. The van der Waals surface area contributed by atoms with Crippen molar-refractivity contribution in [3.05, 3.63) is 64.8 Å². The van der Waals surface area contributed by atoms with Crippen molar-refractivity contribution in [2.24, 2.45) is 0 Å². The molecule has 2 aromatic heterocycles. The minimum atomic E-state index is -0.449. The Hall–Kier alpha value is -2.95. The number of methoxy groups -OCH3 is 1. The van der Waals surface area contributed by atoms with Gasteiger partial charge >= 0.3 is 11.6 Å². The Kier molecular flexibility index (Phi) is 3.23. The fraction of sp³-hybridized carbons (Fsp3) is 0.0625. The maximum absolute atomic E-state index is 12.0. The van der Waals surface area contributed by atoms with Gasteiger partial charge in [-0.25, -0.2) is 9.59 Å². The molecule has 2 heterocycles. The van der Waals surface area contributed by atoms with Crippen LogP contribution in [0.15, 0.2) is 58.0 Å². The van der Waals surface area contributed by atoms with E-state index in [1.807, 2.05) is 0 Å². The Morgan fingerprint density at radius 2 is 1.90 bits per heavy atom. The van der Waals surface area contributed by atoms with Crippen molar-refractivity contribution < 1.29 is 13.9 Å². The van der Waals surface area contributed by atoms with Gasteiger partial charge < -0.3 is 9.15 Å². The highest BCUT2D eigenvalue weighted by atomic mass is 16.5. The lowest BCUT2D eigenvalue weighted by Gasteiger charge is -2.09. The van der Waals surface area contributed by atoms with Crippen molar-refractivity contribution in [3.63, 3.8) is 0 Å². The number of benzene rings is 1. The van der Waals surface area contributed by atoms with Crippen molar-refractivity contribution in [1.29, 1.82) is 0 Å². The van der Waals surface area contributed by atoms with Gasteiger partial charge in [-0.1, -0.05) is 0 Å². The number of carbonyl (C=O) groups is 1. The summed E-state index contributed by atoms with van der Waals surface area (Å²) in [5, 5.41) is 0.660. The van der Waals surface area contributed by atoms with E-state index in [2.05, 4.69) is 4.98 Å². The summed E-state index contributed by atoms with van der Waals surface area (Å²) in [5.41, 5.74) is 1.81. The van der Waals surface area contributed by atoms with E-state index in [1.54, 1.807) is 42.7 Å². The smallest absolute Gasteiger partial charge is 0.338 e. The molecule has 0 bridgehead atoms. The van der Waals surface area contributed by atoms with Gasteiger partial charge in [0.2, 0.25) is 0 Å². The van der Waals surface area contributed by atoms with E-state index >= 15 is 0 Å². The Morgan fingerprint density at radius 3 is 2.62 bits per heavy atom. The second-order valence-electron chi connectivity index (χ2n) is 4.42. The van der Waals surface area contributed by atoms with Gasteiger partial charge in [-0.3, -0.25) is 4.98 Å². The van der Waals surface area contributed by atoms with Gasteiger partial charge in [-0.15, -0.1) is 0 Å². The summed E-state index contributed by atoms with van der Waals surface area (Å²) >= 11 is 0. The van der Waals surface area contributed by atoms with Crippen LogP contribution < -0.4 is 5.63 Å². The summed E-state index contributed by atoms with van der Waals surface area (Å²) in [7, 11) is 1.33. The fourth-order valence-corrected chi connectivity index (χ4v) is 2.16. The van der Waals surface area contributed by atoms with Gasteiger partial charge in [0.1, 0.15) is 5.58 Å². The summed E-state index contributed by atoms with van der Waals surface area (Å²) in [6.45, 7) is 0. The lowest BCUT2D eigenvalue weighted by molar-refractivity contribution is 0.0602. The van der Waals surface area contributed by atoms with Crippen LogP contribution in [0.1, 0.15) is 10.4 Å². The molecule has 104 valence electrons. The van der Waals surface area contributed by atoms with Crippen LogP contribution >= 0.6 is 0 Å². The van der Waals surface area contributed by atoms with Gasteiger partial charge in [0.05, 0.1) is 12.7 Å². The van der Waals surface area contributed by atoms with E-state index in [9.17, 15) is 9.59 Å². The highest BCUT2D eigenvalue weighted by molar-refractivity contribution is 6.01. The highest BCUT2D eigenvalue weighted by Crippen LogP contribution is 2.28. The van der Waals surface area contributed by atoms with Gasteiger partial charge in [0.25, 0.3) is 0 Å². The number of ether oxygens (including phenoxy) is 1. The molecule has 0 unspecified atom stereocenters. The van der Waals surface area contributed by atoms with Crippen LogP contribution in [0.5, 0.6) is 0 Å². The zero-order valence-electron chi connectivity index (χ0n) is 11.2. The van der Waals surface area contributed by atoms with Crippen molar-refractivity contribution in [2.45, 2.75) is 0 Å². The molecule has 0 fully saturated rings. The van der Waals surface area contributed by atoms with Crippen molar-refractivity contribution >= 4 is 16.9 Å². The predicted molar refractivity (Wildman–Crippen MR) is 77.1 cm³/mol. The third-order valence-corrected chi connectivity index (χ3v) is 3.16. The van der Waals surface area contributed by atoms with E-state index < -0.39 is 11.6 Å². The topological polar surface area (TPSA) is 69.4 Å². The van der Waals surface area contributed by atoms with E-state index in [1.165, 1.54) is 13.2 Å². The standard InChI is InChI=1S/C16H11NO4/c1-20-16(19)13-8-11-2-3-15(18)21-14(11)9-12(13)10-4-6-17-7-5-10/h2-9H,1H3. The molecular formula is C16H11NO4. The van der Waals surface area contributed by atoms with E-state index in [0.29, 0.717) is 22.1 Å². The Bertz CT molecular complexity index is 868. The number of hydrogen-bond acceptors (Lipinski definition) is 5. The Morgan fingerprint density at radius 1 is 1.14 bits per heavy atom. The lowest BCUT2D eigenvalue weighted by Crippen LogP contribution is -2.04. The molecule has 3 rings (SSSR count). The lowest BCUT2D eigenvalue weighted by atomic mass is 9.98. The molecule has 5 nitrogen and oxygen atoms in total. The van der Waals surface area contributed by atoms with Gasteiger partial charge in [-0.2, -0.15) is 0 Å². The van der Waals surface area contributed by atoms with Crippen molar-refractivity contribution in [2.75, 3.05) is 7.11 Å². The summed E-state index contributed by atoms with van der Waals surface area (Å²) in [6, 6.07) is 9.79. The number of carbonyl (C=O) groups excluding carboxylic acids is 1. The zero-order valence-corrected chi connectivity index (χ0v) is 11.2. The third kappa shape index (κ3) is 2.41. The monoisotopic (exact) mass is 281 g/mol. The Balaban J connectivity index is 2.34. The molecule has 0 saturated carbocycles. The van der Waals surface area contributed by atoms with Crippen LogP contribution in [-0.4, -0.2) is 18.1 Å². The molecule has 21 heavy (non-hydrogen) atoms. The predicted octanol–water partition coefficient (Wildman–Crippen LogP) is 2.64. The zero-order chi connectivity index (χ0) is 14.8. The maximum Gasteiger partial charge on any atom is 0.338 e. The number of nitrogens with zero attached hydrogens (tertiary/aromatic N) is 1. The summed E-state index contributed by atoms with van der Waals surface area (Å²) in [4.78, 5) is 27.3. The molecule has 0 aliphatic rings. The van der Waals surface area contributed by atoms with Crippen LogP contribution in [0, 0.1) is 0 Å². The SMILES string of the molecule is COC(=O)c1cc2ccc(=O)oc2cc1-c1ccncc1. The maximum atomic E-state index is 12.0. The van der Waals surface area contributed by atoms with Crippen LogP contribution in [0.25, 0.3) is 22.1 Å². The Labute approximate surface area is 119 Å². The first-order valence-electron chi connectivity index (χ1n) is 6.25. The van der Waals surface area contributed by atoms with Crippen LogP contribution in [0.3, 0.4) is 0 Å². The minimum Gasteiger partial charge on any atom is -0.465 e. The van der Waals surface area contributed by atoms with E-state index in [0.717, 1.165) is 5.56 Å². The number of rotatable bonds is 2. The summed E-state index contributed by atoms with van der Waals surface area (Å²) in [5.74, 6) is -0.449. The number of fused-ring (bicyclic) bond motifs is 1. The second kappa shape index (κ2) is 5.20. The fourth-order valence-electron chi connectivity index (χ4n) is 2.16. The first kappa shape index (κ1) is 13.1. The quantitative estimate of drug-likeness (QED) is 0.533. The average Bonchev–Trinajstić information content (AvgIpc) is 2.53. The molecule has 3 aromatic rings. The number of esters is 1. The molecule has 0 saturated heterocycles. The molecule has 1 aromatic carbocycles. The molecular weight excluding hydrogens is 270 g/mol.